The van der Waals surface area contributed by atoms with Crippen molar-refractivity contribution in [2.75, 3.05) is 0 Å². The number of nitro benzene ring substituents is 1. The lowest BCUT2D eigenvalue weighted by Gasteiger charge is -2.06. The quantitative estimate of drug-likeness (QED) is 0.685. The van der Waals surface area contributed by atoms with Crippen LogP contribution in [0, 0.1) is 10.1 Å². The number of sulfone groups is 1. The molecule has 0 unspecified atom stereocenters. The lowest BCUT2D eigenvalue weighted by atomic mass is 10.3. The van der Waals surface area contributed by atoms with Crippen LogP contribution < -0.4 is 0 Å². The first-order valence-corrected chi connectivity index (χ1v) is 6.69. The van der Waals surface area contributed by atoms with Crippen molar-refractivity contribution in [3.63, 3.8) is 0 Å². The van der Waals surface area contributed by atoms with Crippen molar-refractivity contribution in [2.24, 2.45) is 0 Å². The number of phenolic OH excluding ortho intramolecular Hbond substituents is 1. The van der Waals surface area contributed by atoms with Crippen molar-refractivity contribution in [2.45, 2.75) is 9.79 Å². The SMILES string of the molecule is O=[N+]([O-])c1ccccc1S(=O)(=O)c1ccccc1O. The van der Waals surface area contributed by atoms with E-state index in [1.807, 2.05) is 0 Å². The molecule has 0 fully saturated rings. The van der Waals surface area contributed by atoms with Crippen LogP contribution in [0.4, 0.5) is 5.69 Å². The molecule has 2 aromatic carbocycles. The maximum absolute atomic E-state index is 12.3. The molecule has 1 N–H and O–H groups in total. The number of rotatable bonds is 3. The summed E-state index contributed by atoms with van der Waals surface area (Å²) in [6.45, 7) is 0. The maximum Gasteiger partial charge on any atom is 0.288 e. The number of aromatic hydroxyl groups is 1. The summed E-state index contributed by atoms with van der Waals surface area (Å²) < 4.78 is 24.6. The lowest BCUT2D eigenvalue weighted by Crippen LogP contribution is -2.05. The summed E-state index contributed by atoms with van der Waals surface area (Å²) in [4.78, 5) is 9.29. The van der Waals surface area contributed by atoms with Crippen molar-refractivity contribution < 1.29 is 18.4 Å². The molecule has 2 aromatic rings. The van der Waals surface area contributed by atoms with Gasteiger partial charge in [-0.15, -0.1) is 0 Å². The van der Waals surface area contributed by atoms with Gasteiger partial charge in [0, 0.05) is 6.07 Å². The first-order valence-electron chi connectivity index (χ1n) is 5.21. The molecule has 0 aliphatic heterocycles. The van der Waals surface area contributed by atoms with Crippen LogP contribution in [0.5, 0.6) is 5.75 Å². The molecule has 2 rings (SSSR count). The molecule has 0 aliphatic carbocycles. The summed E-state index contributed by atoms with van der Waals surface area (Å²) in [6, 6.07) is 10.3. The molecule has 98 valence electrons. The average molecular weight is 279 g/mol. The summed E-state index contributed by atoms with van der Waals surface area (Å²) in [7, 11) is -4.14. The normalized spacial score (nSPS) is 11.2. The van der Waals surface area contributed by atoms with Gasteiger partial charge in [-0.2, -0.15) is 0 Å². The van der Waals surface area contributed by atoms with E-state index in [0.717, 1.165) is 12.1 Å². The average Bonchev–Trinajstić information content (AvgIpc) is 2.39. The van der Waals surface area contributed by atoms with E-state index < -0.39 is 31.1 Å². The number of hydrogen-bond acceptors (Lipinski definition) is 5. The minimum Gasteiger partial charge on any atom is -0.507 e. The molecule has 7 heteroatoms. The smallest absolute Gasteiger partial charge is 0.288 e. The van der Waals surface area contributed by atoms with E-state index in [4.69, 9.17) is 0 Å². The maximum atomic E-state index is 12.3. The van der Waals surface area contributed by atoms with E-state index in [1.54, 1.807) is 0 Å². The van der Waals surface area contributed by atoms with Crippen molar-refractivity contribution in [3.8, 4) is 5.75 Å². The number of nitro groups is 1. The molecule has 0 aliphatic rings. The highest BCUT2D eigenvalue weighted by atomic mass is 32.2. The van der Waals surface area contributed by atoms with Crippen LogP contribution in [0.2, 0.25) is 0 Å². The second kappa shape index (κ2) is 4.69. The monoisotopic (exact) mass is 279 g/mol. The number of phenols is 1. The zero-order valence-corrected chi connectivity index (χ0v) is 10.4. The Bertz CT molecular complexity index is 739. The molecular weight excluding hydrogens is 270 g/mol. The van der Waals surface area contributed by atoms with Crippen molar-refractivity contribution in [1.29, 1.82) is 0 Å². The Hall–Kier alpha value is -2.41. The highest BCUT2D eigenvalue weighted by Crippen LogP contribution is 2.32. The number of nitrogens with zero attached hydrogens (tertiary/aromatic N) is 1. The Balaban J connectivity index is 2.72. The predicted octanol–water partition coefficient (Wildman–Crippen LogP) is 2.13. The summed E-state index contributed by atoms with van der Waals surface area (Å²) in [5, 5.41) is 20.5. The van der Waals surface area contributed by atoms with E-state index in [0.29, 0.717) is 0 Å². The fraction of sp³-hybridized carbons (Fsp3) is 0. The minimum atomic E-state index is -4.14. The standard InChI is InChI=1S/C12H9NO5S/c14-10-6-2-4-8-12(10)19(17,18)11-7-3-1-5-9(11)13(15)16/h1-8,14H. The summed E-state index contributed by atoms with van der Waals surface area (Å²) in [5.74, 6) is -0.444. The first-order chi connectivity index (χ1) is 8.94. The summed E-state index contributed by atoms with van der Waals surface area (Å²) in [5.41, 5.74) is -0.522. The molecule has 0 heterocycles. The molecule has 0 spiro atoms. The van der Waals surface area contributed by atoms with Gasteiger partial charge >= 0.3 is 0 Å². The number of benzene rings is 2. The van der Waals surface area contributed by atoms with E-state index in [2.05, 4.69) is 0 Å². The topological polar surface area (TPSA) is 97.5 Å². The van der Waals surface area contributed by atoms with Crippen LogP contribution in [0.25, 0.3) is 0 Å². The van der Waals surface area contributed by atoms with Crippen molar-refractivity contribution >= 4 is 15.5 Å². The van der Waals surface area contributed by atoms with Crippen LogP contribution >= 0.6 is 0 Å². The van der Waals surface area contributed by atoms with Gasteiger partial charge in [0.15, 0.2) is 0 Å². The van der Waals surface area contributed by atoms with Gasteiger partial charge < -0.3 is 5.11 Å². The van der Waals surface area contributed by atoms with Crippen LogP contribution in [-0.4, -0.2) is 18.4 Å². The zero-order chi connectivity index (χ0) is 14.0. The van der Waals surface area contributed by atoms with Gasteiger partial charge in [-0.05, 0) is 18.2 Å². The molecule has 0 aromatic heterocycles. The fourth-order valence-electron chi connectivity index (χ4n) is 1.64. The van der Waals surface area contributed by atoms with Crippen molar-refractivity contribution in [3.05, 3.63) is 58.6 Å². The Morgan fingerprint density at radius 2 is 1.47 bits per heavy atom. The Kier molecular flexibility index (Phi) is 3.22. The third-order valence-electron chi connectivity index (χ3n) is 2.51. The second-order valence-electron chi connectivity index (χ2n) is 3.70. The van der Waals surface area contributed by atoms with Crippen molar-refractivity contribution in [1.82, 2.24) is 0 Å². The van der Waals surface area contributed by atoms with Gasteiger partial charge in [0.25, 0.3) is 5.69 Å². The molecule has 6 nitrogen and oxygen atoms in total. The van der Waals surface area contributed by atoms with Gasteiger partial charge in [-0.25, -0.2) is 8.42 Å². The van der Waals surface area contributed by atoms with Crippen LogP contribution in [-0.2, 0) is 9.84 Å². The van der Waals surface area contributed by atoms with E-state index in [9.17, 15) is 23.6 Å². The Morgan fingerprint density at radius 3 is 2.05 bits per heavy atom. The Morgan fingerprint density at radius 1 is 0.947 bits per heavy atom. The summed E-state index contributed by atoms with van der Waals surface area (Å²) >= 11 is 0. The Labute approximate surface area is 109 Å². The third kappa shape index (κ3) is 2.27. The minimum absolute atomic E-state index is 0.357. The molecule has 19 heavy (non-hydrogen) atoms. The molecule has 0 amide bonds. The lowest BCUT2D eigenvalue weighted by molar-refractivity contribution is -0.387. The highest BCUT2D eigenvalue weighted by Gasteiger charge is 2.28. The van der Waals surface area contributed by atoms with Gasteiger partial charge in [-0.3, -0.25) is 10.1 Å². The number of hydrogen-bond donors (Lipinski definition) is 1. The van der Waals surface area contributed by atoms with Crippen LogP contribution in [0.15, 0.2) is 58.3 Å². The summed E-state index contributed by atoms with van der Waals surface area (Å²) in [6.07, 6.45) is 0. The van der Waals surface area contributed by atoms with E-state index in [1.165, 1.54) is 36.4 Å². The van der Waals surface area contributed by atoms with Gasteiger partial charge in [0.2, 0.25) is 9.84 Å². The first kappa shape index (κ1) is 13.0. The molecule has 0 saturated carbocycles. The van der Waals surface area contributed by atoms with Gasteiger partial charge in [-0.1, -0.05) is 24.3 Å². The van der Waals surface area contributed by atoms with E-state index >= 15 is 0 Å². The number of para-hydroxylation sites is 2. The van der Waals surface area contributed by atoms with Gasteiger partial charge in [0.05, 0.1) is 4.92 Å². The second-order valence-corrected chi connectivity index (χ2v) is 5.58. The predicted molar refractivity (Wildman–Crippen MR) is 66.7 cm³/mol. The van der Waals surface area contributed by atoms with Crippen LogP contribution in [0.1, 0.15) is 0 Å². The molecule has 0 radical (unpaired) electrons. The zero-order valence-electron chi connectivity index (χ0n) is 9.55. The molecular formula is C12H9NO5S. The highest BCUT2D eigenvalue weighted by molar-refractivity contribution is 7.91. The molecule has 0 saturated heterocycles. The molecule has 0 bridgehead atoms. The largest absolute Gasteiger partial charge is 0.507 e. The fourth-order valence-corrected chi connectivity index (χ4v) is 3.15. The van der Waals surface area contributed by atoms with Gasteiger partial charge in [0.1, 0.15) is 15.5 Å². The third-order valence-corrected chi connectivity index (χ3v) is 4.35. The molecule has 0 atom stereocenters. The van der Waals surface area contributed by atoms with Crippen LogP contribution in [0.3, 0.4) is 0 Å². The van der Waals surface area contributed by atoms with E-state index in [-0.39, 0.29) is 4.90 Å².